The molecule has 0 radical (unpaired) electrons. The topological polar surface area (TPSA) is 101 Å². The van der Waals surface area contributed by atoms with Crippen LogP contribution in [0.4, 0.5) is 11.4 Å². The van der Waals surface area contributed by atoms with Crippen molar-refractivity contribution in [1.29, 1.82) is 0 Å². The first-order chi connectivity index (χ1) is 14.5. The summed E-state index contributed by atoms with van der Waals surface area (Å²) in [6, 6.07) is 18.0. The summed E-state index contributed by atoms with van der Waals surface area (Å²) in [5, 5.41) is 0.522. The summed E-state index contributed by atoms with van der Waals surface area (Å²) in [5.41, 5.74) is 1.22. The van der Waals surface area contributed by atoms with Gasteiger partial charge in [-0.05, 0) is 60.7 Å². The van der Waals surface area contributed by atoms with Crippen molar-refractivity contribution in [2.45, 2.75) is 9.79 Å². The number of carbonyl (C=O) groups is 1. The normalized spacial score (nSPS) is 11.7. The molecule has 0 aromatic heterocycles. The van der Waals surface area contributed by atoms with Crippen LogP contribution in [-0.2, 0) is 19.9 Å². The first-order valence-electron chi connectivity index (χ1n) is 8.94. The second kappa shape index (κ2) is 8.70. The predicted molar refractivity (Wildman–Crippen MR) is 121 cm³/mol. The molecular weight excluding hydrogens is 460 g/mol. The number of hydrogen-bond donors (Lipinski definition) is 1. The van der Waals surface area contributed by atoms with Gasteiger partial charge in [-0.3, -0.25) is 9.52 Å². The van der Waals surface area contributed by atoms with Crippen LogP contribution in [0, 0.1) is 0 Å². The SMILES string of the molecule is CN(C(=O)c1ccc(Cl)cc1)c1ccc(NS(=O)(=O)c2ccccc2S(C)(=O)=O)cc1. The highest BCUT2D eigenvalue weighted by Gasteiger charge is 2.23. The summed E-state index contributed by atoms with van der Waals surface area (Å²) < 4.78 is 51.8. The number of sulfone groups is 1. The Bertz CT molecular complexity index is 1320. The fourth-order valence-electron chi connectivity index (χ4n) is 2.85. The molecule has 0 unspecified atom stereocenters. The number of nitrogens with zero attached hydrogens (tertiary/aromatic N) is 1. The first-order valence-corrected chi connectivity index (χ1v) is 12.7. The van der Waals surface area contributed by atoms with E-state index in [0.717, 1.165) is 6.26 Å². The van der Waals surface area contributed by atoms with E-state index in [2.05, 4.69) is 4.72 Å². The van der Waals surface area contributed by atoms with Gasteiger partial charge in [-0.1, -0.05) is 23.7 Å². The van der Waals surface area contributed by atoms with Crippen LogP contribution >= 0.6 is 11.6 Å². The van der Waals surface area contributed by atoms with Gasteiger partial charge in [-0.15, -0.1) is 0 Å². The molecule has 1 amide bonds. The summed E-state index contributed by atoms with van der Waals surface area (Å²) in [6.07, 6.45) is 0.948. The number of hydrogen-bond acceptors (Lipinski definition) is 5. The van der Waals surface area contributed by atoms with Crippen molar-refractivity contribution in [2.24, 2.45) is 0 Å². The van der Waals surface area contributed by atoms with Crippen molar-refractivity contribution in [3.63, 3.8) is 0 Å². The molecule has 0 spiro atoms. The van der Waals surface area contributed by atoms with Crippen molar-refractivity contribution in [2.75, 3.05) is 22.9 Å². The zero-order chi connectivity index (χ0) is 22.8. The number of sulfonamides is 1. The number of amides is 1. The second-order valence-electron chi connectivity index (χ2n) is 6.74. The Hall–Kier alpha value is -2.88. The Labute approximate surface area is 186 Å². The molecule has 0 aliphatic carbocycles. The van der Waals surface area contributed by atoms with Crippen LogP contribution in [0.3, 0.4) is 0 Å². The number of halogens is 1. The van der Waals surface area contributed by atoms with Crippen molar-refractivity contribution in [1.82, 2.24) is 0 Å². The lowest BCUT2D eigenvalue weighted by atomic mass is 10.2. The standard InChI is InChI=1S/C21H19ClN2O5S2/c1-24(21(25)15-7-9-16(22)10-8-15)18-13-11-17(12-14-18)23-31(28,29)20-6-4-3-5-19(20)30(2,26)27/h3-14,23H,1-2H3. The van der Waals surface area contributed by atoms with Gasteiger partial charge >= 0.3 is 0 Å². The maximum atomic E-state index is 12.8. The maximum absolute atomic E-state index is 12.8. The van der Waals surface area contributed by atoms with E-state index in [-0.39, 0.29) is 21.4 Å². The van der Waals surface area contributed by atoms with Crippen LogP contribution in [0.2, 0.25) is 5.02 Å². The van der Waals surface area contributed by atoms with E-state index in [4.69, 9.17) is 11.6 Å². The van der Waals surface area contributed by atoms with E-state index in [1.807, 2.05) is 0 Å². The lowest BCUT2D eigenvalue weighted by Crippen LogP contribution is -2.26. The van der Waals surface area contributed by atoms with Gasteiger partial charge in [0.25, 0.3) is 15.9 Å². The number of rotatable bonds is 6. The minimum absolute atomic E-state index is 0.222. The Morgan fingerprint density at radius 3 is 1.94 bits per heavy atom. The quantitative estimate of drug-likeness (QED) is 0.580. The summed E-state index contributed by atoms with van der Waals surface area (Å²) in [4.78, 5) is 13.4. The van der Waals surface area contributed by atoms with Crippen LogP contribution in [-0.4, -0.2) is 36.0 Å². The molecule has 3 aromatic rings. The molecule has 0 bridgehead atoms. The van der Waals surface area contributed by atoms with Crippen LogP contribution in [0.1, 0.15) is 10.4 Å². The van der Waals surface area contributed by atoms with Gasteiger partial charge in [0.1, 0.15) is 4.90 Å². The summed E-state index contributed by atoms with van der Waals surface area (Å²) in [7, 11) is -6.29. The molecule has 0 fully saturated rings. The van der Waals surface area contributed by atoms with Gasteiger partial charge in [0, 0.05) is 35.3 Å². The second-order valence-corrected chi connectivity index (χ2v) is 10.8. The first kappa shape index (κ1) is 22.8. The third-order valence-corrected chi connectivity index (χ3v) is 7.42. The molecule has 0 heterocycles. The van der Waals surface area contributed by atoms with E-state index in [0.29, 0.717) is 16.3 Å². The largest absolute Gasteiger partial charge is 0.311 e. The molecule has 0 saturated carbocycles. The van der Waals surface area contributed by atoms with E-state index in [9.17, 15) is 21.6 Å². The molecule has 0 aliphatic heterocycles. The highest BCUT2D eigenvalue weighted by molar-refractivity contribution is 7.95. The molecule has 0 aliphatic rings. The van der Waals surface area contributed by atoms with Gasteiger partial charge in [-0.2, -0.15) is 0 Å². The van der Waals surface area contributed by atoms with Gasteiger partial charge in [0.05, 0.1) is 4.90 Å². The molecular formula is C21H19ClN2O5S2. The van der Waals surface area contributed by atoms with Crippen molar-refractivity contribution in [3.8, 4) is 0 Å². The van der Waals surface area contributed by atoms with E-state index in [1.54, 1.807) is 43.4 Å². The zero-order valence-electron chi connectivity index (χ0n) is 16.6. The van der Waals surface area contributed by atoms with E-state index in [1.165, 1.54) is 41.3 Å². The highest BCUT2D eigenvalue weighted by Crippen LogP contribution is 2.25. The average Bonchev–Trinajstić information content (AvgIpc) is 2.73. The minimum Gasteiger partial charge on any atom is -0.311 e. The Kier molecular flexibility index (Phi) is 6.40. The van der Waals surface area contributed by atoms with E-state index >= 15 is 0 Å². The van der Waals surface area contributed by atoms with Gasteiger partial charge < -0.3 is 4.90 Å². The van der Waals surface area contributed by atoms with Crippen LogP contribution in [0.25, 0.3) is 0 Å². The molecule has 0 atom stereocenters. The Balaban J connectivity index is 1.82. The Morgan fingerprint density at radius 2 is 1.39 bits per heavy atom. The van der Waals surface area contributed by atoms with Crippen LogP contribution in [0.5, 0.6) is 0 Å². The third kappa shape index (κ3) is 5.25. The summed E-state index contributed by atoms with van der Waals surface area (Å²) >= 11 is 5.85. The minimum atomic E-state index is -4.15. The van der Waals surface area contributed by atoms with Gasteiger partial charge in [0.15, 0.2) is 9.84 Å². The number of benzene rings is 3. The third-order valence-electron chi connectivity index (χ3n) is 4.44. The molecule has 31 heavy (non-hydrogen) atoms. The lowest BCUT2D eigenvalue weighted by molar-refractivity contribution is 0.0993. The molecule has 10 heteroatoms. The van der Waals surface area contributed by atoms with Crippen LogP contribution < -0.4 is 9.62 Å². The molecule has 1 N–H and O–H groups in total. The number of anilines is 2. The highest BCUT2D eigenvalue weighted by atomic mass is 35.5. The molecule has 0 saturated heterocycles. The lowest BCUT2D eigenvalue weighted by Gasteiger charge is -2.18. The monoisotopic (exact) mass is 478 g/mol. The van der Waals surface area contributed by atoms with Gasteiger partial charge in [0.2, 0.25) is 0 Å². The number of carbonyl (C=O) groups excluding carboxylic acids is 1. The molecule has 3 aromatic carbocycles. The maximum Gasteiger partial charge on any atom is 0.263 e. The number of nitrogens with one attached hydrogen (secondary N) is 1. The van der Waals surface area contributed by atoms with Crippen molar-refractivity contribution < 1.29 is 21.6 Å². The molecule has 7 nitrogen and oxygen atoms in total. The molecule has 3 rings (SSSR count). The van der Waals surface area contributed by atoms with E-state index < -0.39 is 19.9 Å². The summed E-state index contributed by atoms with van der Waals surface area (Å²) in [5.74, 6) is -0.257. The fourth-order valence-corrected chi connectivity index (χ4v) is 5.66. The summed E-state index contributed by atoms with van der Waals surface area (Å²) in [6.45, 7) is 0. The molecule has 162 valence electrons. The zero-order valence-corrected chi connectivity index (χ0v) is 19.0. The van der Waals surface area contributed by atoms with Gasteiger partial charge in [-0.25, -0.2) is 16.8 Å². The Morgan fingerprint density at radius 1 is 0.839 bits per heavy atom. The fraction of sp³-hybridized carbons (Fsp3) is 0.0952. The van der Waals surface area contributed by atoms with Crippen LogP contribution in [0.15, 0.2) is 82.6 Å². The van der Waals surface area contributed by atoms with Crippen molar-refractivity contribution >= 4 is 48.7 Å². The predicted octanol–water partition coefficient (Wildman–Crippen LogP) is 3.82. The average molecular weight is 479 g/mol. The van der Waals surface area contributed by atoms with Crippen molar-refractivity contribution in [3.05, 3.63) is 83.4 Å². The smallest absolute Gasteiger partial charge is 0.263 e.